The zero-order valence-corrected chi connectivity index (χ0v) is 13.8. The second-order valence-corrected chi connectivity index (χ2v) is 7.53. The van der Waals surface area contributed by atoms with Crippen LogP contribution in [0.3, 0.4) is 0 Å². The third-order valence-corrected chi connectivity index (χ3v) is 4.68. The fourth-order valence-corrected chi connectivity index (χ4v) is 3.05. The molecule has 0 heterocycles. The van der Waals surface area contributed by atoms with Gasteiger partial charge >= 0.3 is 5.97 Å². The van der Waals surface area contributed by atoms with Gasteiger partial charge in [0.15, 0.2) is 0 Å². The number of rotatable bonds is 7. The van der Waals surface area contributed by atoms with E-state index in [9.17, 15) is 4.79 Å². The highest BCUT2D eigenvalue weighted by molar-refractivity contribution is 7.98. The second kappa shape index (κ2) is 7.72. The van der Waals surface area contributed by atoms with Crippen LogP contribution in [0.1, 0.15) is 51.7 Å². The molecule has 0 amide bonds. The van der Waals surface area contributed by atoms with Gasteiger partial charge in [-0.15, -0.1) is 0 Å². The Bertz CT molecular complexity index is 418. The maximum Gasteiger partial charge on any atom is 0.303 e. The molecule has 1 N–H and O–H groups in total. The topological polar surface area (TPSA) is 37.3 Å². The number of carboxylic acids is 1. The fraction of sp³-hybridized carbons (Fsp3) is 0.588. The van der Waals surface area contributed by atoms with Crippen molar-refractivity contribution in [2.75, 3.05) is 5.75 Å². The first kappa shape index (κ1) is 17.1. The molecule has 0 aliphatic heterocycles. The molecule has 2 nitrogen and oxygen atoms in total. The zero-order valence-electron chi connectivity index (χ0n) is 13.0. The lowest BCUT2D eigenvalue weighted by molar-refractivity contribution is -0.137. The largest absolute Gasteiger partial charge is 0.481 e. The second-order valence-electron chi connectivity index (χ2n) is 6.50. The van der Waals surface area contributed by atoms with Crippen molar-refractivity contribution in [1.29, 1.82) is 0 Å². The molecule has 1 atom stereocenters. The van der Waals surface area contributed by atoms with Crippen molar-refractivity contribution in [3.05, 3.63) is 35.4 Å². The monoisotopic (exact) mass is 294 g/mol. The van der Waals surface area contributed by atoms with Crippen LogP contribution >= 0.6 is 11.8 Å². The maximum absolute atomic E-state index is 10.5. The average molecular weight is 294 g/mol. The lowest BCUT2D eigenvalue weighted by Crippen LogP contribution is -2.10. The van der Waals surface area contributed by atoms with Gasteiger partial charge in [-0.3, -0.25) is 4.79 Å². The van der Waals surface area contributed by atoms with E-state index in [-0.39, 0.29) is 11.8 Å². The van der Waals surface area contributed by atoms with E-state index in [1.165, 1.54) is 11.1 Å². The molecule has 3 heteroatoms. The number of thioether (sulfide) groups is 1. The Balaban J connectivity index is 2.34. The third kappa shape index (κ3) is 6.47. The van der Waals surface area contributed by atoms with E-state index in [4.69, 9.17) is 5.11 Å². The van der Waals surface area contributed by atoms with Gasteiger partial charge in [0.2, 0.25) is 0 Å². The fourth-order valence-electron chi connectivity index (χ4n) is 1.93. The van der Waals surface area contributed by atoms with Gasteiger partial charge in [0.25, 0.3) is 0 Å². The summed E-state index contributed by atoms with van der Waals surface area (Å²) in [6, 6.07) is 8.83. The van der Waals surface area contributed by atoms with Crippen molar-refractivity contribution < 1.29 is 9.90 Å². The molecule has 1 aromatic rings. The van der Waals surface area contributed by atoms with Gasteiger partial charge < -0.3 is 5.11 Å². The van der Waals surface area contributed by atoms with Crippen molar-refractivity contribution in [2.24, 2.45) is 5.92 Å². The van der Waals surface area contributed by atoms with Crippen LogP contribution in [0.5, 0.6) is 0 Å². The average Bonchev–Trinajstić information content (AvgIpc) is 2.36. The van der Waals surface area contributed by atoms with E-state index in [1.54, 1.807) is 0 Å². The van der Waals surface area contributed by atoms with E-state index >= 15 is 0 Å². The lowest BCUT2D eigenvalue weighted by atomic mass is 9.87. The number of aliphatic carboxylic acids is 1. The number of carboxylic acid groups (broad SMARTS) is 1. The summed E-state index contributed by atoms with van der Waals surface area (Å²) in [4.78, 5) is 10.5. The molecule has 1 aromatic carbocycles. The standard InChI is InChI=1S/C17H26O2S/c1-13(5-10-16(18)19)11-20-12-14-6-8-15(9-7-14)17(2,3)4/h6-9,13H,5,10-12H2,1-4H3,(H,18,19). The molecule has 0 saturated carbocycles. The van der Waals surface area contributed by atoms with Crippen molar-refractivity contribution in [3.63, 3.8) is 0 Å². The Hall–Kier alpha value is -0.960. The Kier molecular flexibility index (Phi) is 6.60. The summed E-state index contributed by atoms with van der Waals surface area (Å²) in [6.07, 6.45) is 1.05. The number of hydrogen-bond donors (Lipinski definition) is 1. The van der Waals surface area contributed by atoms with Crippen molar-refractivity contribution in [2.45, 2.75) is 51.7 Å². The molecule has 0 aliphatic carbocycles. The molecule has 1 rings (SSSR count). The minimum atomic E-state index is -0.695. The summed E-state index contributed by atoms with van der Waals surface area (Å²) in [6.45, 7) is 8.79. The van der Waals surface area contributed by atoms with Crippen molar-refractivity contribution in [3.8, 4) is 0 Å². The molecule has 0 fully saturated rings. The van der Waals surface area contributed by atoms with Crippen molar-refractivity contribution in [1.82, 2.24) is 0 Å². The summed E-state index contributed by atoms with van der Waals surface area (Å²) in [5.41, 5.74) is 2.91. The van der Waals surface area contributed by atoms with Crippen LogP contribution < -0.4 is 0 Å². The maximum atomic E-state index is 10.5. The Morgan fingerprint density at radius 3 is 2.35 bits per heavy atom. The molecule has 0 aliphatic rings. The number of carbonyl (C=O) groups is 1. The Morgan fingerprint density at radius 1 is 1.25 bits per heavy atom. The van der Waals surface area contributed by atoms with Crippen LogP contribution in [0.4, 0.5) is 0 Å². The lowest BCUT2D eigenvalue weighted by Gasteiger charge is -2.19. The van der Waals surface area contributed by atoms with E-state index in [1.807, 2.05) is 11.8 Å². The predicted molar refractivity (Wildman–Crippen MR) is 87.3 cm³/mol. The molecule has 0 saturated heterocycles. The normalized spacial score (nSPS) is 13.2. The summed E-state index contributed by atoms with van der Waals surface area (Å²) in [5.74, 6) is 1.79. The van der Waals surface area contributed by atoms with Crippen LogP contribution in [-0.4, -0.2) is 16.8 Å². The first-order chi connectivity index (χ1) is 9.29. The van der Waals surface area contributed by atoms with Gasteiger partial charge in [0.05, 0.1) is 0 Å². The zero-order chi connectivity index (χ0) is 15.2. The number of benzene rings is 1. The molecular weight excluding hydrogens is 268 g/mol. The van der Waals surface area contributed by atoms with E-state index in [0.29, 0.717) is 5.92 Å². The van der Waals surface area contributed by atoms with Crippen LogP contribution in [0.2, 0.25) is 0 Å². The van der Waals surface area contributed by atoms with Gasteiger partial charge in [-0.1, -0.05) is 52.0 Å². The van der Waals surface area contributed by atoms with Crippen LogP contribution in [0, 0.1) is 5.92 Å². The first-order valence-corrected chi connectivity index (χ1v) is 8.33. The highest BCUT2D eigenvalue weighted by Gasteiger charge is 2.12. The van der Waals surface area contributed by atoms with E-state index in [0.717, 1.165) is 17.9 Å². The van der Waals surface area contributed by atoms with Crippen LogP contribution in [0.15, 0.2) is 24.3 Å². The summed E-state index contributed by atoms with van der Waals surface area (Å²) < 4.78 is 0. The van der Waals surface area contributed by atoms with Gasteiger partial charge in [0.1, 0.15) is 0 Å². The van der Waals surface area contributed by atoms with Gasteiger partial charge in [-0.25, -0.2) is 0 Å². The summed E-state index contributed by atoms with van der Waals surface area (Å²) in [7, 11) is 0. The van der Waals surface area contributed by atoms with Crippen molar-refractivity contribution >= 4 is 17.7 Å². The Labute approximate surface area is 127 Å². The van der Waals surface area contributed by atoms with Crippen LogP contribution in [0.25, 0.3) is 0 Å². The summed E-state index contributed by atoms with van der Waals surface area (Å²) >= 11 is 1.89. The molecule has 0 aromatic heterocycles. The molecule has 1 unspecified atom stereocenters. The van der Waals surface area contributed by atoms with Gasteiger partial charge in [0, 0.05) is 12.2 Å². The summed E-state index contributed by atoms with van der Waals surface area (Å²) in [5, 5.41) is 8.65. The minimum absolute atomic E-state index is 0.205. The highest BCUT2D eigenvalue weighted by Crippen LogP contribution is 2.24. The molecule has 0 bridgehead atoms. The molecule has 0 spiro atoms. The van der Waals surface area contributed by atoms with Gasteiger partial charge in [-0.05, 0) is 34.6 Å². The van der Waals surface area contributed by atoms with Gasteiger partial charge in [-0.2, -0.15) is 11.8 Å². The first-order valence-electron chi connectivity index (χ1n) is 7.18. The SMILES string of the molecule is CC(CCC(=O)O)CSCc1ccc(C(C)(C)C)cc1. The molecule has 112 valence electrons. The molecule has 0 radical (unpaired) electrons. The molecule has 20 heavy (non-hydrogen) atoms. The van der Waals surface area contributed by atoms with E-state index < -0.39 is 5.97 Å². The molecular formula is C17H26O2S. The third-order valence-electron chi connectivity index (χ3n) is 3.34. The van der Waals surface area contributed by atoms with E-state index in [2.05, 4.69) is 52.0 Å². The predicted octanol–water partition coefficient (Wildman–Crippen LogP) is 4.72. The minimum Gasteiger partial charge on any atom is -0.481 e. The highest BCUT2D eigenvalue weighted by atomic mass is 32.2. The number of hydrogen-bond acceptors (Lipinski definition) is 2. The van der Waals surface area contributed by atoms with Crippen LogP contribution in [-0.2, 0) is 16.0 Å². The Morgan fingerprint density at radius 2 is 1.85 bits per heavy atom. The smallest absolute Gasteiger partial charge is 0.303 e. The quantitative estimate of drug-likeness (QED) is 0.790.